The van der Waals surface area contributed by atoms with Gasteiger partial charge in [-0.1, -0.05) is 6.07 Å². The minimum absolute atomic E-state index is 0.0895. The number of likely N-dealkylation sites (tertiary alicyclic amines) is 1. The van der Waals surface area contributed by atoms with E-state index in [1.54, 1.807) is 29.6 Å². The summed E-state index contributed by atoms with van der Waals surface area (Å²) in [6, 6.07) is 9.52. The number of hydrogen-bond donors (Lipinski definition) is 2. The van der Waals surface area contributed by atoms with Crippen LogP contribution < -0.4 is 10.6 Å². The monoisotopic (exact) mass is 283 g/mol. The first kappa shape index (κ1) is 13.4. The molecule has 1 aliphatic heterocycles. The summed E-state index contributed by atoms with van der Waals surface area (Å²) in [6.07, 6.45) is 5.98. The van der Waals surface area contributed by atoms with Gasteiger partial charge in [0.2, 0.25) is 0 Å². The molecule has 2 aromatic heterocycles. The van der Waals surface area contributed by atoms with Gasteiger partial charge in [-0.3, -0.25) is 4.98 Å². The van der Waals surface area contributed by atoms with Gasteiger partial charge in [-0.2, -0.15) is 0 Å². The van der Waals surface area contributed by atoms with Crippen molar-refractivity contribution in [1.29, 1.82) is 0 Å². The summed E-state index contributed by atoms with van der Waals surface area (Å²) in [5, 5.41) is 6.19. The van der Waals surface area contributed by atoms with Crippen LogP contribution in [0.25, 0.3) is 0 Å². The fraction of sp³-hybridized carbons (Fsp3) is 0.267. The molecule has 3 heterocycles. The highest BCUT2D eigenvalue weighted by Gasteiger charge is 2.26. The fourth-order valence-electron chi connectivity index (χ4n) is 2.36. The van der Waals surface area contributed by atoms with Crippen molar-refractivity contribution in [3.05, 3.63) is 48.9 Å². The van der Waals surface area contributed by atoms with Gasteiger partial charge in [0.15, 0.2) is 0 Å². The lowest BCUT2D eigenvalue weighted by molar-refractivity contribution is 0.222. The van der Waals surface area contributed by atoms with Crippen molar-refractivity contribution in [2.45, 2.75) is 12.5 Å². The largest absolute Gasteiger partial charge is 0.365 e. The summed E-state index contributed by atoms with van der Waals surface area (Å²) in [5.41, 5.74) is 0.712. The van der Waals surface area contributed by atoms with Crippen LogP contribution in [-0.2, 0) is 0 Å². The Morgan fingerprint density at radius 1 is 1.24 bits per heavy atom. The van der Waals surface area contributed by atoms with Gasteiger partial charge < -0.3 is 15.5 Å². The van der Waals surface area contributed by atoms with Crippen LogP contribution in [-0.4, -0.2) is 40.0 Å². The molecule has 0 spiro atoms. The molecule has 1 aliphatic rings. The lowest BCUT2D eigenvalue weighted by Gasteiger charge is -2.18. The summed E-state index contributed by atoms with van der Waals surface area (Å²) in [5.74, 6) is 0.844. The maximum atomic E-state index is 12.2. The van der Waals surface area contributed by atoms with E-state index in [1.165, 1.54) is 0 Å². The van der Waals surface area contributed by atoms with Gasteiger partial charge in [0.1, 0.15) is 5.82 Å². The number of nitrogens with zero attached hydrogens (tertiary/aromatic N) is 3. The number of rotatable bonds is 3. The van der Waals surface area contributed by atoms with Crippen LogP contribution in [0.5, 0.6) is 0 Å². The quantitative estimate of drug-likeness (QED) is 0.906. The van der Waals surface area contributed by atoms with Gasteiger partial charge in [-0.25, -0.2) is 9.78 Å². The average molecular weight is 283 g/mol. The van der Waals surface area contributed by atoms with Gasteiger partial charge in [-0.15, -0.1) is 0 Å². The van der Waals surface area contributed by atoms with Gasteiger partial charge in [0.05, 0.1) is 11.9 Å². The molecule has 0 bridgehead atoms. The maximum Gasteiger partial charge on any atom is 0.321 e. The summed E-state index contributed by atoms with van der Waals surface area (Å²) >= 11 is 0. The van der Waals surface area contributed by atoms with E-state index < -0.39 is 0 Å². The lowest BCUT2D eigenvalue weighted by Crippen LogP contribution is -2.35. The predicted octanol–water partition coefficient (Wildman–Crippen LogP) is 2.19. The third-order valence-electron chi connectivity index (χ3n) is 3.41. The Morgan fingerprint density at radius 3 is 2.95 bits per heavy atom. The van der Waals surface area contributed by atoms with E-state index in [4.69, 9.17) is 0 Å². The molecule has 21 heavy (non-hydrogen) atoms. The topological polar surface area (TPSA) is 70.2 Å². The van der Waals surface area contributed by atoms with E-state index >= 15 is 0 Å². The molecule has 2 aromatic rings. The van der Waals surface area contributed by atoms with Crippen LogP contribution in [0.4, 0.5) is 16.3 Å². The highest BCUT2D eigenvalue weighted by atomic mass is 16.2. The van der Waals surface area contributed by atoms with E-state index in [0.717, 1.165) is 18.8 Å². The smallest absolute Gasteiger partial charge is 0.321 e. The first-order chi connectivity index (χ1) is 10.3. The normalized spacial score (nSPS) is 17.5. The van der Waals surface area contributed by atoms with Crippen LogP contribution in [0, 0.1) is 0 Å². The van der Waals surface area contributed by atoms with E-state index in [9.17, 15) is 4.79 Å². The zero-order valence-electron chi connectivity index (χ0n) is 11.6. The molecular weight excluding hydrogens is 266 g/mol. The Morgan fingerprint density at radius 2 is 2.19 bits per heavy atom. The average Bonchev–Trinajstić information content (AvgIpc) is 2.98. The van der Waals surface area contributed by atoms with Crippen molar-refractivity contribution in [2.24, 2.45) is 0 Å². The number of urea groups is 1. The van der Waals surface area contributed by atoms with Crippen molar-refractivity contribution in [2.75, 3.05) is 23.7 Å². The van der Waals surface area contributed by atoms with E-state index in [0.29, 0.717) is 12.2 Å². The third-order valence-corrected chi connectivity index (χ3v) is 3.41. The zero-order chi connectivity index (χ0) is 14.5. The molecule has 1 atom stereocenters. The summed E-state index contributed by atoms with van der Waals surface area (Å²) in [6.45, 7) is 1.40. The molecule has 0 aliphatic carbocycles. The minimum Gasteiger partial charge on any atom is -0.365 e. The molecule has 3 rings (SSSR count). The molecule has 1 unspecified atom stereocenters. The molecule has 0 radical (unpaired) electrons. The molecule has 2 N–H and O–H groups in total. The fourth-order valence-corrected chi connectivity index (χ4v) is 2.36. The number of nitrogens with one attached hydrogen (secondary N) is 2. The second-order valence-corrected chi connectivity index (χ2v) is 4.96. The highest BCUT2D eigenvalue weighted by Crippen LogP contribution is 2.15. The van der Waals surface area contributed by atoms with Crippen LogP contribution in [0.1, 0.15) is 6.42 Å². The predicted molar refractivity (Wildman–Crippen MR) is 81.1 cm³/mol. The molecule has 1 saturated heterocycles. The first-order valence-corrected chi connectivity index (χ1v) is 6.95. The molecule has 0 aromatic carbocycles. The molecule has 108 valence electrons. The van der Waals surface area contributed by atoms with Crippen molar-refractivity contribution < 1.29 is 4.79 Å². The number of carbonyl (C=O) groups is 1. The van der Waals surface area contributed by atoms with Crippen LogP contribution in [0.2, 0.25) is 0 Å². The Balaban J connectivity index is 1.53. The highest BCUT2D eigenvalue weighted by molar-refractivity contribution is 5.89. The Labute approximate surface area is 123 Å². The first-order valence-electron chi connectivity index (χ1n) is 6.95. The maximum absolute atomic E-state index is 12.2. The molecular formula is C15H17N5O. The molecule has 2 amide bonds. The van der Waals surface area contributed by atoms with Crippen molar-refractivity contribution >= 4 is 17.5 Å². The van der Waals surface area contributed by atoms with Crippen LogP contribution in [0.3, 0.4) is 0 Å². The minimum atomic E-state index is -0.0895. The number of carbonyl (C=O) groups excluding carboxylic acids is 1. The van der Waals surface area contributed by atoms with Gasteiger partial charge in [0, 0.05) is 31.5 Å². The lowest BCUT2D eigenvalue weighted by atomic mass is 10.2. The van der Waals surface area contributed by atoms with E-state index in [-0.39, 0.29) is 12.1 Å². The second kappa shape index (κ2) is 6.21. The number of aromatic nitrogens is 2. The van der Waals surface area contributed by atoms with Gasteiger partial charge >= 0.3 is 6.03 Å². The van der Waals surface area contributed by atoms with E-state index in [2.05, 4.69) is 20.6 Å². The van der Waals surface area contributed by atoms with Crippen molar-refractivity contribution in [1.82, 2.24) is 14.9 Å². The molecule has 1 fully saturated rings. The van der Waals surface area contributed by atoms with Gasteiger partial charge in [-0.05, 0) is 30.7 Å². The second-order valence-electron chi connectivity index (χ2n) is 4.96. The summed E-state index contributed by atoms with van der Waals surface area (Å²) < 4.78 is 0. The standard InChI is InChI=1S/C15H17N5O/c21-15(19-12-4-3-7-16-10-12)20-9-6-13(11-20)18-14-5-1-2-8-17-14/h1-5,7-8,10,13H,6,9,11H2,(H,17,18)(H,19,21). The number of pyridine rings is 2. The number of hydrogen-bond acceptors (Lipinski definition) is 4. The Hall–Kier alpha value is -2.63. The van der Waals surface area contributed by atoms with Crippen molar-refractivity contribution in [3.63, 3.8) is 0 Å². The molecule has 6 nitrogen and oxygen atoms in total. The SMILES string of the molecule is O=C(Nc1cccnc1)N1CCC(Nc2ccccn2)C1. The summed E-state index contributed by atoms with van der Waals surface area (Å²) in [4.78, 5) is 22.2. The van der Waals surface area contributed by atoms with Crippen LogP contribution >= 0.6 is 0 Å². The molecule has 0 saturated carbocycles. The zero-order valence-corrected chi connectivity index (χ0v) is 11.6. The number of amides is 2. The summed E-state index contributed by atoms with van der Waals surface area (Å²) in [7, 11) is 0. The Bertz CT molecular complexity index is 590. The molecule has 6 heteroatoms. The van der Waals surface area contributed by atoms with Gasteiger partial charge in [0.25, 0.3) is 0 Å². The number of anilines is 2. The van der Waals surface area contributed by atoms with E-state index in [1.807, 2.05) is 24.3 Å². The van der Waals surface area contributed by atoms with Crippen molar-refractivity contribution in [3.8, 4) is 0 Å². The third kappa shape index (κ3) is 3.47. The van der Waals surface area contributed by atoms with Crippen LogP contribution in [0.15, 0.2) is 48.9 Å². The Kier molecular flexibility index (Phi) is 3.95.